The summed E-state index contributed by atoms with van der Waals surface area (Å²) in [6, 6.07) is 7.33. The number of rotatable bonds is 2. The summed E-state index contributed by atoms with van der Waals surface area (Å²) in [6.45, 7) is 0. The quantitative estimate of drug-likeness (QED) is 0.345. The Morgan fingerprint density at radius 2 is 2.25 bits per heavy atom. The first kappa shape index (κ1) is 8.86. The summed E-state index contributed by atoms with van der Waals surface area (Å²) in [4.78, 5) is 0. The fraction of sp³-hybridized carbons (Fsp3) is 0. The van der Waals surface area contributed by atoms with Gasteiger partial charge in [0.05, 0.1) is 0 Å². The molecule has 0 heterocycles. The monoisotopic (exact) mass is 226 g/mol. The van der Waals surface area contributed by atoms with Gasteiger partial charge in [0.1, 0.15) is 0 Å². The lowest BCUT2D eigenvalue weighted by Gasteiger charge is -1.97. The van der Waals surface area contributed by atoms with Gasteiger partial charge in [0.15, 0.2) is 5.84 Å². The zero-order valence-corrected chi connectivity index (χ0v) is 7.75. The van der Waals surface area contributed by atoms with Crippen LogP contribution in [0.5, 0.6) is 0 Å². The van der Waals surface area contributed by atoms with Gasteiger partial charge in [-0.05, 0) is 12.1 Å². The van der Waals surface area contributed by atoms with Crippen molar-refractivity contribution in [3.8, 4) is 0 Å². The highest BCUT2D eigenvalue weighted by molar-refractivity contribution is 9.10. The van der Waals surface area contributed by atoms with Gasteiger partial charge in [-0.15, -0.1) is 5.10 Å². The average molecular weight is 227 g/mol. The van der Waals surface area contributed by atoms with Crippen molar-refractivity contribution >= 4 is 21.8 Å². The van der Waals surface area contributed by atoms with Gasteiger partial charge in [-0.3, -0.25) is 0 Å². The van der Waals surface area contributed by atoms with E-state index in [9.17, 15) is 0 Å². The first-order chi connectivity index (χ1) is 5.74. The molecule has 12 heavy (non-hydrogen) atoms. The van der Waals surface area contributed by atoms with E-state index in [4.69, 9.17) is 11.3 Å². The van der Waals surface area contributed by atoms with Crippen LogP contribution in [0, 0.1) is 5.53 Å². The van der Waals surface area contributed by atoms with E-state index in [1.54, 1.807) is 6.07 Å². The average Bonchev–Trinajstić information content (AvgIpc) is 2.05. The summed E-state index contributed by atoms with van der Waals surface area (Å²) in [7, 11) is 0. The van der Waals surface area contributed by atoms with E-state index in [1.807, 2.05) is 18.2 Å². The van der Waals surface area contributed by atoms with Gasteiger partial charge in [-0.2, -0.15) is 5.53 Å². The Kier molecular flexibility index (Phi) is 2.93. The van der Waals surface area contributed by atoms with Gasteiger partial charge < -0.3 is 5.73 Å². The number of amidine groups is 1. The first-order valence-electron chi connectivity index (χ1n) is 3.20. The zero-order chi connectivity index (χ0) is 8.97. The van der Waals surface area contributed by atoms with Crippen LogP contribution in [0.1, 0.15) is 5.56 Å². The summed E-state index contributed by atoms with van der Waals surface area (Å²) in [5.74, 6) is 0.242. The molecule has 0 unspecified atom stereocenters. The smallest absolute Gasteiger partial charge is 0.155 e. The summed E-state index contributed by atoms with van der Waals surface area (Å²) < 4.78 is 0.920. The highest BCUT2D eigenvalue weighted by Gasteiger charge is 1.97. The Morgan fingerprint density at radius 1 is 1.50 bits per heavy atom. The highest BCUT2D eigenvalue weighted by Crippen LogP contribution is 2.11. The maximum Gasteiger partial charge on any atom is 0.155 e. The minimum atomic E-state index is 0.242. The van der Waals surface area contributed by atoms with Crippen molar-refractivity contribution in [1.82, 2.24) is 0 Å². The Morgan fingerprint density at radius 3 is 2.83 bits per heavy atom. The minimum Gasteiger partial charge on any atom is -0.382 e. The molecule has 0 aliphatic heterocycles. The van der Waals surface area contributed by atoms with Gasteiger partial charge in [-0.1, -0.05) is 33.3 Å². The fourth-order valence-electron chi connectivity index (χ4n) is 0.759. The third-order valence-corrected chi connectivity index (χ3v) is 1.77. The van der Waals surface area contributed by atoms with E-state index in [1.165, 1.54) is 0 Å². The van der Waals surface area contributed by atoms with E-state index in [0.717, 1.165) is 10.0 Å². The van der Waals surface area contributed by atoms with Crippen molar-refractivity contribution in [2.75, 3.05) is 0 Å². The molecule has 3 N–H and O–H groups in total. The van der Waals surface area contributed by atoms with Crippen molar-refractivity contribution in [3.05, 3.63) is 34.3 Å². The van der Waals surface area contributed by atoms with Crippen LogP contribution in [-0.4, -0.2) is 5.84 Å². The molecule has 1 rings (SSSR count). The number of halogens is 1. The maximum atomic E-state index is 6.48. The molecule has 0 amide bonds. The van der Waals surface area contributed by atoms with Crippen LogP contribution in [0.15, 0.2) is 39.1 Å². The molecule has 0 bridgehead atoms. The van der Waals surface area contributed by atoms with Gasteiger partial charge in [-0.25, -0.2) is 0 Å². The summed E-state index contributed by atoms with van der Waals surface area (Å²) in [5.41, 5.74) is 12.7. The van der Waals surface area contributed by atoms with Crippen LogP contribution >= 0.6 is 15.9 Å². The van der Waals surface area contributed by atoms with Gasteiger partial charge in [0, 0.05) is 10.0 Å². The van der Waals surface area contributed by atoms with Crippen molar-refractivity contribution in [3.63, 3.8) is 0 Å². The number of hydrogen-bond acceptors (Lipinski definition) is 2. The predicted molar refractivity (Wildman–Crippen MR) is 50.0 cm³/mol. The molecule has 1 aromatic carbocycles. The van der Waals surface area contributed by atoms with Gasteiger partial charge in [0.2, 0.25) is 0 Å². The molecular weight excluding hydrogens is 220 g/mol. The number of hydrogen-bond donors (Lipinski definition) is 2. The molecule has 0 fully saturated rings. The zero-order valence-electron chi connectivity index (χ0n) is 6.16. The summed E-state index contributed by atoms with van der Waals surface area (Å²) >= 11 is 3.29. The normalized spacial score (nSPS) is 11.2. The van der Waals surface area contributed by atoms with Crippen molar-refractivity contribution in [2.45, 2.75) is 0 Å². The molecule has 0 radical (unpaired) electrons. The number of nitrogens with zero attached hydrogens (tertiary/aromatic N) is 2. The van der Waals surface area contributed by atoms with Crippen molar-refractivity contribution < 1.29 is 0 Å². The third-order valence-electron chi connectivity index (χ3n) is 1.28. The van der Waals surface area contributed by atoms with E-state index >= 15 is 0 Å². The van der Waals surface area contributed by atoms with E-state index in [-0.39, 0.29) is 5.84 Å². The lowest BCUT2D eigenvalue weighted by molar-refractivity contribution is 0.986. The molecule has 4 nitrogen and oxygen atoms in total. The van der Waals surface area contributed by atoms with Crippen LogP contribution in [0.3, 0.4) is 0 Å². The molecule has 0 saturated carbocycles. The Labute approximate surface area is 78.1 Å². The van der Waals surface area contributed by atoms with Crippen LogP contribution in [-0.2, 0) is 0 Å². The van der Waals surface area contributed by atoms with Crippen LogP contribution in [0.25, 0.3) is 0 Å². The largest absolute Gasteiger partial charge is 0.382 e. The second-order valence-corrected chi connectivity index (χ2v) is 3.01. The second-order valence-electron chi connectivity index (χ2n) is 2.10. The summed E-state index contributed by atoms with van der Waals surface area (Å²) in [5, 5.41) is 6.24. The Bertz CT molecular complexity index is 321. The number of nitrogens with two attached hydrogens (primary N) is 1. The summed E-state index contributed by atoms with van der Waals surface area (Å²) in [6.07, 6.45) is 0. The molecule has 0 aromatic heterocycles. The predicted octanol–water partition coefficient (Wildman–Crippen LogP) is 2.10. The van der Waals surface area contributed by atoms with Crippen molar-refractivity contribution in [2.24, 2.45) is 16.1 Å². The lowest BCUT2D eigenvalue weighted by atomic mass is 10.2. The molecule has 0 atom stereocenters. The number of benzene rings is 1. The second kappa shape index (κ2) is 3.96. The Hall–Kier alpha value is -1.23. The molecule has 0 aliphatic carbocycles. The SMILES string of the molecule is N=N/N=C(\N)c1cccc(Br)c1. The maximum absolute atomic E-state index is 6.48. The lowest BCUT2D eigenvalue weighted by Crippen LogP contribution is -2.12. The van der Waals surface area contributed by atoms with Gasteiger partial charge >= 0.3 is 0 Å². The topological polar surface area (TPSA) is 74.6 Å². The molecule has 5 heteroatoms. The minimum absolute atomic E-state index is 0.242. The molecule has 0 saturated heterocycles. The molecular formula is C7H7BrN4. The van der Waals surface area contributed by atoms with Crippen LogP contribution in [0.2, 0.25) is 0 Å². The third kappa shape index (κ3) is 2.13. The van der Waals surface area contributed by atoms with Crippen LogP contribution < -0.4 is 5.73 Å². The molecule has 1 aromatic rings. The molecule has 0 spiro atoms. The Balaban J connectivity index is 3.03. The van der Waals surface area contributed by atoms with Crippen LogP contribution in [0.4, 0.5) is 0 Å². The molecule has 62 valence electrons. The first-order valence-corrected chi connectivity index (χ1v) is 3.99. The fourth-order valence-corrected chi connectivity index (χ4v) is 1.16. The number of nitrogens with one attached hydrogen (secondary N) is 1. The van der Waals surface area contributed by atoms with E-state index < -0.39 is 0 Å². The molecule has 0 aliphatic rings. The van der Waals surface area contributed by atoms with Crippen molar-refractivity contribution in [1.29, 1.82) is 5.53 Å². The van der Waals surface area contributed by atoms with Gasteiger partial charge in [0.25, 0.3) is 0 Å². The standard InChI is InChI=1S/C7H7BrN4/c8-6-3-1-2-5(4-6)7(9)11-12-10/h1-4H,(H3,9,10,11). The van der Waals surface area contributed by atoms with E-state index in [0.29, 0.717) is 0 Å². The van der Waals surface area contributed by atoms with E-state index in [2.05, 4.69) is 26.3 Å². The highest BCUT2D eigenvalue weighted by atomic mass is 79.9.